The van der Waals surface area contributed by atoms with Crippen molar-refractivity contribution in [1.29, 1.82) is 0 Å². The molecule has 0 bridgehead atoms. The summed E-state index contributed by atoms with van der Waals surface area (Å²) in [6.45, 7) is 7.70. The summed E-state index contributed by atoms with van der Waals surface area (Å²) in [5.41, 5.74) is 0.749. The van der Waals surface area contributed by atoms with E-state index in [9.17, 15) is 9.59 Å². The van der Waals surface area contributed by atoms with Crippen molar-refractivity contribution in [2.75, 3.05) is 11.9 Å². The molecule has 0 radical (unpaired) electrons. The molecule has 0 atom stereocenters. The van der Waals surface area contributed by atoms with Gasteiger partial charge in [-0.05, 0) is 45.9 Å². The minimum Gasteiger partial charge on any atom is -0.462 e. The predicted molar refractivity (Wildman–Crippen MR) is 94.9 cm³/mol. The molecule has 0 aliphatic carbocycles. The molecule has 2 aromatic rings. The monoisotopic (exact) mass is 342 g/mol. The van der Waals surface area contributed by atoms with Gasteiger partial charge in [0.05, 0.1) is 17.9 Å². The summed E-state index contributed by atoms with van der Waals surface area (Å²) in [7, 11) is 0. The van der Waals surface area contributed by atoms with Gasteiger partial charge in [-0.3, -0.25) is 4.79 Å². The number of nitrogens with one attached hydrogen (secondary N) is 2. The van der Waals surface area contributed by atoms with E-state index in [0.717, 1.165) is 0 Å². The Hall–Kier alpha value is -2.96. The first-order valence-corrected chi connectivity index (χ1v) is 7.99. The number of hydrogen-bond acceptors (Lipinski definition) is 6. The third-order valence-corrected chi connectivity index (χ3v) is 3.05. The van der Waals surface area contributed by atoms with E-state index in [1.165, 1.54) is 12.3 Å². The largest absolute Gasteiger partial charge is 0.462 e. The molecule has 0 aliphatic heterocycles. The van der Waals surface area contributed by atoms with Gasteiger partial charge in [-0.1, -0.05) is 12.1 Å². The average Bonchev–Trinajstić information content (AvgIpc) is 2.54. The van der Waals surface area contributed by atoms with Gasteiger partial charge in [0.1, 0.15) is 5.69 Å². The molecule has 0 fully saturated rings. The summed E-state index contributed by atoms with van der Waals surface area (Å²) in [6.07, 6.45) is 1.49. The Morgan fingerprint density at radius 2 is 1.88 bits per heavy atom. The third-order valence-electron chi connectivity index (χ3n) is 3.05. The van der Waals surface area contributed by atoms with Gasteiger partial charge in [-0.2, -0.15) is 0 Å². The molecule has 2 rings (SSSR count). The molecular formula is C18H22N4O3. The van der Waals surface area contributed by atoms with Crippen molar-refractivity contribution in [3.05, 3.63) is 47.8 Å². The molecule has 2 N–H and O–H groups in total. The van der Waals surface area contributed by atoms with Crippen molar-refractivity contribution in [2.24, 2.45) is 0 Å². The Morgan fingerprint density at radius 1 is 1.16 bits per heavy atom. The van der Waals surface area contributed by atoms with Gasteiger partial charge < -0.3 is 15.4 Å². The fraction of sp³-hybridized carbons (Fsp3) is 0.333. The molecule has 0 unspecified atom stereocenters. The van der Waals surface area contributed by atoms with Crippen molar-refractivity contribution < 1.29 is 14.3 Å². The van der Waals surface area contributed by atoms with Crippen LogP contribution < -0.4 is 10.6 Å². The molecule has 25 heavy (non-hydrogen) atoms. The highest BCUT2D eigenvalue weighted by molar-refractivity contribution is 5.96. The number of para-hydroxylation sites is 1. The average molecular weight is 342 g/mol. The second-order valence-corrected chi connectivity index (χ2v) is 6.36. The second-order valence-electron chi connectivity index (χ2n) is 6.36. The zero-order chi connectivity index (χ0) is 18.4. The van der Waals surface area contributed by atoms with Crippen LogP contribution in [0.15, 0.2) is 36.5 Å². The van der Waals surface area contributed by atoms with Crippen LogP contribution in [0.2, 0.25) is 0 Å². The Balaban J connectivity index is 2.23. The smallest absolute Gasteiger partial charge is 0.340 e. The maximum absolute atomic E-state index is 12.2. The van der Waals surface area contributed by atoms with Crippen LogP contribution in [-0.2, 0) is 4.74 Å². The summed E-state index contributed by atoms with van der Waals surface area (Å²) in [4.78, 5) is 32.6. The Kier molecular flexibility index (Phi) is 5.69. The van der Waals surface area contributed by atoms with Gasteiger partial charge in [-0.15, -0.1) is 0 Å². The van der Waals surface area contributed by atoms with Gasteiger partial charge in [0.2, 0.25) is 5.95 Å². The fourth-order valence-corrected chi connectivity index (χ4v) is 2.05. The minimum absolute atomic E-state index is 0.221. The Morgan fingerprint density at radius 3 is 2.56 bits per heavy atom. The lowest BCUT2D eigenvalue weighted by molar-refractivity contribution is 0.0527. The van der Waals surface area contributed by atoms with Crippen molar-refractivity contribution in [1.82, 2.24) is 15.3 Å². The number of rotatable bonds is 5. The summed E-state index contributed by atoms with van der Waals surface area (Å²) in [6, 6.07) is 8.42. The lowest BCUT2D eigenvalue weighted by atomic mass is 10.1. The highest BCUT2D eigenvalue weighted by Crippen LogP contribution is 2.19. The van der Waals surface area contributed by atoms with Gasteiger partial charge in [0.15, 0.2) is 0 Å². The Bertz CT molecular complexity index is 769. The maximum atomic E-state index is 12.2. The van der Waals surface area contributed by atoms with Gasteiger partial charge in [0, 0.05) is 11.7 Å². The van der Waals surface area contributed by atoms with E-state index in [1.54, 1.807) is 31.2 Å². The first-order valence-electron chi connectivity index (χ1n) is 7.99. The number of carbonyl (C=O) groups is 2. The van der Waals surface area contributed by atoms with Gasteiger partial charge >= 0.3 is 5.97 Å². The van der Waals surface area contributed by atoms with Crippen molar-refractivity contribution in [2.45, 2.75) is 33.2 Å². The second kappa shape index (κ2) is 7.74. The van der Waals surface area contributed by atoms with Crippen molar-refractivity contribution >= 4 is 23.5 Å². The molecule has 1 aromatic carbocycles. The van der Waals surface area contributed by atoms with Crippen LogP contribution in [0, 0.1) is 0 Å². The topological polar surface area (TPSA) is 93.2 Å². The van der Waals surface area contributed by atoms with Crippen LogP contribution in [0.3, 0.4) is 0 Å². The summed E-state index contributed by atoms with van der Waals surface area (Å²) < 4.78 is 5.04. The highest BCUT2D eigenvalue weighted by atomic mass is 16.5. The zero-order valence-electron chi connectivity index (χ0n) is 14.8. The molecule has 132 valence electrons. The first kappa shape index (κ1) is 18.4. The SMILES string of the molecule is CCOC(=O)c1ccccc1Nc1nccc(C(=O)NC(C)(C)C)n1. The molecule has 0 aliphatic rings. The standard InChI is InChI=1S/C18H22N4O3/c1-5-25-16(24)12-8-6-7-9-13(12)20-17-19-11-10-14(21-17)15(23)22-18(2,3)4/h6-11H,5H2,1-4H3,(H,22,23)(H,19,20,21). The number of nitrogens with zero attached hydrogens (tertiary/aromatic N) is 2. The molecule has 1 heterocycles. The number of benzene rings is 1. The van der Waals surface area contributed by atoms with Crippen molar-refractivity contribution in [3.63, 3.8) is 0 Å². The van der Waals surface area contributed by atoms with Crippen LogP contribution >= 0.6 is 0 Å². The number of amides is 1. The van der Waals surface area contributed by atoms with Crippen LogP contribution in [0.4, 0.5) is 11.6 Å². The minimum atomic E-state index is -0.438. The number of anilines is 2. The van der Waals surface area contributed by atoms with Crippen LogP contribution in [-0.4, -0.2) is 34.0 Å². The number of hydrogen-bond donors (Lipinski definition) is 2. The van der Waals surface area contributed by atoms with E-state index < -0.39 is 5.97 Å². The summed E-state index contributed by atoms with van der Waals surface area (Å²) >= 11 is 0. The van der Waals surface area contributed by atoms with Gasteiger partial charge in [-0.25, -0.2) is 14.8 Å². The molecule has 0 spiro atoms. The molecular weight excluding hydrogens is 320 g/mol. The highest BCUT2D eigenvalue weighted by Gasteiger charge is 2.17. The van der Waals surface area contributed by atoms with Crippen LogP contribution in [0.5, 0.6) is 0 Å². The molecule has 0 saturated carbocycles. The fourth-order valence-electron chi connectivity index (χ4n) is 2.05. The van der Waals surface area contributed by atoms with E-state index in [-0.39, 0.29) is 29.7 Å². The van der Waals surface area contributed by atoms with Crippen LogP contribution in [0.25, 0.3) is 0 Å². The predicted octanol–water partition coefficient (Wildman–Crippen LogP) is 2.93. The summed E-state index contributed by atoms with van der Waals surface area (Å²) in [5.74, 6) is -0.512. The molecule has 1 amide bonds. The van der Waals surface area contributed by atoms with Crippen LogP contribution in [0.1, 0.15) is 48.5 Å². The van der Waals surface area contributed by atoms with E-state index in [2.05, 4.69) is 20.6 Å². The van der Waals surface area contributed by atoms with E-state index in [0.29, 0.717) is 11.3 Å². The number of esters is 1. The van der Waals surface area contributed by atoms with Crippen molar-refractivity contribution in [3.8, 4) is 0 Å². The number of ether oxygens (including phenoxy) is 1. The van der Waals surface area contributed by atoms with E-state index in [4.69, 9.17) is 4.74 Å². The maximum Gasteiger partial charge on any atom is 0.340 e. The normalized spacial score (nSPS) is 10.9. The molecule has 7 heteroatoms. The number of carbonyl (C=O) groups excluding carboxylic acids is 2. The lowest BCUT2D eigenvalue weighted by Crippen LogP contribution is -2.41. The molecule has 0 saturated heterocycles. The summed E-state index contributed by atoms with van der Waals surface area (Å²) in [5, 5.41) is 5.81. The third kappa shape index (κ3) is 5.27. The number of aromatic nitrogens is 2. The quantitative estimate of drug-likeness (QED) is 0.812. The zero-order valence-corrected chi connectivity index (χ0v) is 14.8. The van der Waals surface area contributed by atoms with E-state index >= 15 is 0 Å². The van der Waals surface area contributed by atoms with Gasteiger partial charge in [0.25, 0.3) is 5.91 Å². The first-order chi connectivity index (χ1) is 11.8. The molecule has 7 nitrogen and oxygen atoms in total. The Labute approximate surface area is 146 Å². The lowest BCUT2D eigenvalue weighted by Gasteiger charge is -2.20. The molecule has 1 aromatic heterocycles. The van der Waals surface area contributed by atoms with E-state index in [1.807, 2.05) is 20.8 Å².